The monoisotopic (exact) mass is 275 g/mol. The molecular weight excluding hydrogens is 268 g/mol. The van der Waals surface area contributed by atoms with Crippen LogP contribution in [0.5, 0.6) is 0 Å². The molecule has 0 aliphatic carbocycles. The number of aromatic nitrogens is 1. The average Bonchev–Trinajstić information content (AvgIpc) is 2.18. The van der Waals surface area contributed by atoms with E-state index in [0.29, 0.717) is 11.3 Å². The van der Waals surface area contributed by atoms with E-state index < -0.39 is 6.43 Å². The van der Waals surface area contributed by atoms with Gasteiger partial charge >= 0.3 is 0 Å². The molecule has 3 nitrogen and oxygen atoms in total. The summed E-state index contributed by atoms with van der Waals surface area (Å²) < 4.78 is 25.0. The van der Waals surface area contributed by atoms with Gasteiger partial charge < -0.3 is 5.73 Å². The number of pyridine rings is 1. The average molecular weight is 276 g/mol. The van der Waals surface area contributed by atoms with E-state index in [0.717, 1.165) is 0 Å². The lowest BCUT2D eigenvalue weighted by molar-refractivity contribution is 0.150. The number of halogens is 3. The summed E-state index contributed by atoms with van der Waals surface area (Å²) in [5.41, 5.74) is 6.12. The standard InChI is InChI=1S/C9H8BrF2N3/c10-8-6(9(11)12)3-5(4-14)7(15-8)1-2-13/h3,9H,1,4,14H2. The maximum absolute atomic E-state index is 12.5. The van der Waals surface area contributed by atoms with Crippen molar-refractivity contribution >= 4 is 15.9 Å². The fourth-order valence-electron chi connectivity index (χ4n) is 1.14. The molecule has 1 aromatic heterocycles. The fourth-order valence-corrected chi connectivity index (χ4v) is 1.64. The van der Waals surface area contributed by atoms with Crippen molar-refractivity contribution in [1.29, 1.82) is 5.26 Å². The first kappa shape index (κ1) is 12.0. The summed E-state index contributed by atoms with van der Waals surface area (Å²) in [6.45, 7) is 0.0943. The quantitative estimate of drug-likeness (QED) is 0.861. The number of alkyl halides is 2. The fraction of sp³-hybridized carbons (Fsp3) is 0.333. The molecular formula is C9H8BrF2N3. The van der Waals surface area contributed by atoms with Crippen LogP contribution in [-0.2, 0) is 13.0 Å². The second-order valence-electron chi connectivity index (χ2n) is 2.81. The third-order valence-corrected chi connectivity index (χ3v) is 2.51. The third kappa shape index (κ3) is 2.70. The van der Waals surface area contributed by atoms with E-state index in [2.05, 4.69) is 20.9 Å². The van der Waals surface area contributed by atoms with Crippen LogP contribution in [0.4, 0.5) is 8.78 Å². The molecule has 80 valence electrons. The summed E-state index contributed by atoms with van der Waals surface area (Å²) in [6.07, 6.45) is -2.54. The van der Waals surface area contributed by atoms with Gasteiger partial charge in [-0.15, -0.1) is 0 Å². The number of nitrogens with zero attached hydrogens (tertiary/aromatic N) is 2. The summed E-state index contributed by atoms with van der Waals surface area (Å²) in [7, 11) is 0. The Kier molecular flexibility index (Phi) is 4.12. The van der Waals surface area contributed by atoms with Crippen LogP contribution in [0.2, 0.25) is 0 Å². The maximum atomic E-state index is 12.5. The zero-order valence-corrected chi connectivity index (χ0v) is 9.26. The van der Waals surface area contributed by atoms with Crippen LogP contribution in [-0.4, -0.2) is 4.98 Å². The van der Waals surface area contributed by atoms with Gasteiger partial charge in [0, 0.05) is 6.54 Å². The third-order valence-electron chi connectivity index (χ3n) is 1.87. The van der Waals surface area contributed by atoms with Crippen molar-refractivity contribution in [2.45, 2.75) is 19.4 Å². The minimum Gasteiger partial charge on any atom is -0.326 e. The summed E-state index contributed by atoms with van der Waals surface area (Å²) in [4.78, 5) is 3.89. The van der Waals surface area contributed by atoms with E-state index in [9.17, 15) is 8.78 Å². The molecule has 0 saturated carbocycles. The molecule has 0 atom stereocenters. The van der Waals surface area contributed by atoms with Crippen molar-refractivity contribution in [2.75, 3.05) is 0 Å². The lowest BCUT2D eigenvalue weighted by atomic mass is 10.1. The van der Waals surface area contributed by atoms with Crippen molar-refractivity contribution < 1.29 is 8.78 Å². The molecule has 0 spiro atoms. The summed E-state index contributed by atoms with van der Waals surface area (Å²) in [5.74, 6) is 0. The molecule has 1 heterocycles. The maximum Gasteiger partial charge on any atom is 0.266 e. The van der Waals surface area contributed by atoms with Gasteiger partial charge in [0.25, 0.3) is 6.43 Å². The Morgan fingerprint density at radius 1 is 1.60 bits per heavy atom. The first-order valence-electron chi connectivity index (χ1n) is 4.13. The molecule has 0 aliphatic heterocycles. The normalized spacial score (nSPS) is 10.4. The van der Waals surface area contributed by atoms with Crippen LogP contribution in [0.25, 0.3) is 0 Å². The Morgan fingerprint density at radius 2 is 2.27 bits per heavy atom. The van der Waals surface area contributed by atoms with E-state index in [1.807, 2.05) is 6.07 Å². The second-order valence-corrected chi connectivity index (χ2v) is 3.57. The van der Waals surface area contributed by atoms with Gasteiger partial charge in [-0.1, -0.05) is 0 Å². The lowest BCUT2D eigenvalue weighted by Crippen LogP contribution is -2.06. The molecule has 0 radical (unpaired) electrons. The Balaban J connectivity index is 3.24. The summed E-state index contributed by atoms with van der Waals surface area (Å²) >= 11 is 2.94. The molecule has 0 amide bonds. The Labute approximate surface area is 94.0 Å². The highest BCUT2D eigenvalue weighted by Gasteiger charge is 2.16. The summed E-state index contributed by atoms with van der Waals surface area (Å²) in [5, 5.41) is 8.51. The molecule has 0 aliphatic rings. The second kappa shape index (κ2) is 5.14. The Bertz CT molecular complexity index is 401. The molecule has 1 rings (SSSR count). The first-order valence-corrected chi connectivity index (χ1v) is 4.92. The van der Waals surface area contributed by atoms with Gasteiger partial charge in [-0.3, -0.25) is 0 Å². The number of nitriles is 1. The molecule has 0 bridgehead atoms. The van der Waals surface area contributed by atoms with Crippen molar-refractivity contribution in [3.63, 3.8) is 0 Å². The summed E-state index contributed by atoms with van der Waals surface area (Å²) in [6, 6.07) is 3.19. The van der Waals surface area contributed by atoms with Gasteiger partial charge in [0.2, 0.25) is 0 Å². The predicted molar refractivity (Wildman–Crippen MR) is 54.1 cm³/mol. The van der Waals surface area contributed by atoms with Crippen LogP contribution < -0.4 is 5.73 Å². The number of rotatable bonds is 3. The minimum atomic E-state index is -2.60. The SMILES string of the molecule is N#CCc1nc(Br)c(C(F)F)cc1CN. The molecule has 0 unspecified atom stereocenters. The molecule has 0 saturated heterocycles. The van der Waals surface area contributed by atoms with Crippen LogP contribution in [0.1, 0.15) is 23.2 Å². The van der Waals surface area contributed by atoms with Crippen molar-refractivity contribution in [1.82, 2.24) is 4.98 Å². The molecule has 1 aromatic rings. The van der Waals surface area contributed by atoms with Crippen molar-refractivity contribution in [3.8, 4) is 6.07 Å². The largest absolute Gasteiger partial charge is 0.326 e. The van der Waals surface area contributed by atoms with Crippen LogP contribution in [0.15, 0.2) is 10.7 Å². The predicted octanol–water partition coefficient (Wildman–Crippen LogP) is 2.31. The van der Waals surface area contributed by atoms with E-state index in [1.165, 1.54) is 6.07 Å². The highest BCUT2D eigenvalue weighted by Crippen LogP contribution is 2.27. The van der Waals surface area contributed by atoms with Crippen LogP contribution in [0.3, 0.4) is 0 Å². The molecule has 6 heteroatoms. The van der Waals surface area contributed by atoms with Gasteiger partial charge in [-0.2, -0.15) is 5.26 Å². The van der Waals surface area contributed by atoms with Crippen molar-refractivity contribution in [2.24, 2.45) is 5.73 Å². The van der Waals surface area contributed by atoms with Gasteiger partial charge in [0.1, 0.15) is 4.60 Å². The van der Waals surface area contributed by atoms with Gasteiger partial charge in [-0.25, -0.2) is 13.8 Å². The highest BCUT2D eigenvalue weighted by molar-refractivity contribution is 9.10. The minimum absolute atomic E-state index is 0.0641. The number of nitrogens with two attached hydrogens (primary N) is 1. The van der Waals surface area contributed by atoms with Gasteiger partial charge in [-0.05, 0) is 27.6 Å². The Morgan fingerprint density at radius 3 is 2.73 bits per heavy atom. The molecule has 0 aromatic carbocycles. The van der Waals surface area contributed by atoms with E-state index >= 15 is 0 Å². The smallest absolute Gasteiger partial charge is 0.266 e. The van der Waals surface area contributed by atoms with E-state index in [4.69, 9.17) is 11.0 Å². The zero-order chi connectivity index (χ0) is 11.4. The van der Waals surface area contributed by atoms with Crippen LogP contribution >= 0.6 is 15.9 Å². The zero-order valence-electron chi connectivity index (χ0n) is 7.67. The van der Waals surface area contributed by atoms with Gasteiger partial charge in [0.15, 0.2) is 0 Å². The molecule has 2 N–H and O–H groups in total. The highest BCUT2D eigenvalue weighted by atomic mass is 79.9. The van der Waals surface area contributed by atoms with Gasteiger partial charge in [0.05, 0.1) is 23.7 Å². The van der Waals surface area contributed by atoms with Crippen molar-refractivity contribution in [3.05, 3.63) is 27.5 Å². The number of hydrogen-bond donors (Lipinski definition) is 1. The van der Waals surface area contributed by atoms with E-state index in [-0.39, 0.29) is 23.1 Å². The first-order chi connectivity index (χ1) is 7.10. The Hall–Kier alpha value is -1.06. The lowest BCUT2D eigenvalue weighted by Gasteiger charge is -2.08. The molecule has 15 heavy (non-hydrogen) atoms. The van der Waals surface area contributed by atoms with E-state index in [1.54, 1.807) is 0 Å². The molecule has 0 fully saturated rings. The topological polar surface area (TPSA) is 62.7 Å². The van der Waals surface area contributed by atoms with Crippen LogP contribution in [0, 0.1) is 11.3 Å². The number of hydrogen-bond acceptors (Lipinski definition) is 3.